The van der Waals surface area contributed by atoms with Crippen LogP contribution < -0.4 is 19.5 Å². The molecule has 5 nitrogen and oxygen atoms in total. The number of hydrogen-bond donors (Lipinski definition) is 1. The topological polar surface area (TPSA) is 56.8 Å². The van der Waals surface area contributed by atoms with Gasteiger partial charge in [-0.25, -0.2) is 0 Å². The molecule has 0 saturated heterocycles. The quantitative estimate of drug-likeness (QED) is 0.870. The van der Waals surface area contributed by atoms with Gasteiger partial charge in [0.2, 0.25) is 0 Å². The molecule has 2 aromatic rings. The van der Waals surface area contributed by atoms with Crippen LogP contribution in [0.2, 0.25) is 0 Å². The van der Waals surface area contributed by atoms with Gasteiger partial charge in [0.15, 0.2) is 11.5 Å². The summed E-state index contributed by atoms with van der Waals surface area (Å²) in [7, 11) is 0. The third-order valence-corrected chi connectivity index (χ3v) is 4.00. The Kier molecular flexibility index (Phi) is 5.43. The van der Waals surface area contributed by atoms with Gasteiger partial charge in [-0.15, -0.1) is 0 Å². The average Bonchev–Trinajstić information content (AvgIpc) is 2.66. The monoisotopic (exact) mass is 341 g/mol. The van der Waals surface area contributed by atoms with Crippen molar-refractivity contribution in [3.8, 4) is 17.2 Å². The smallest absolute Gasteiger partial charge is 0.251 e. The molecule has 0 fully saturated rings. The van der Waals surface area contributed by atoms with E-state index in [1.807, 2.05) is 37.3 Å². The SMILES string of the molecule is CCCOc1ccc(C(=O)N[C@H](C)c2ccc3c(c2)OCCO3)cc1. The van der Waals surface area contributed by atoms with Gasteiger partial charge in [-0.1, -0.05) is 13.0 Å². The van der Waals surface area contributed by atoms with Gasteiger partial charge in [-0.05, 0) is 55.3 Å². The number of hydrogen-bond acceptors (Lipinski definition) is 4. The molecule has 0 aromatic heterocycles. The molecular formula is C20H23NO4. The Morgan fingerprint density at radius 1 is 1.12 bits per heavy atom. The normalized spacial score (nSPS) is 13.8. The maximum atomic E-state index is 12.4. The Labute approximate surface area is 147 Å². The molecule has 25 heavy (non-hydrogen) atoms. The van der Waals surface area contributed by atoms with Gasteiger partial charge >= 0.3 is 0 Å². The molecule has 0 radical (unpaired) electrons. The van der Waals surface area contributed by atoms with Gasteiger partial charge in [0.1, 0.15) is 19.0 Å². The van der Waals surface area contributed by atoms with Crippen LogP contribution in [0.4, 0.5) is 0 Å². The molecule has 1 atom stereocenters. The summed E-state index contributed by atoms with van der Waals surface area (Å²) in [6.45, 7) is 5.79. The van der Waals surface area contributed by atoms with Crippen molar-refractivity contribution in [3.05, 3.63) is 53.6 Å². The molecule has 0 bridgehead atoms. The van der Waals surface area contributed by atoms with Crippen LogP contribution in [-0.2, 0) is 0 Å². The van der Waals surface area contributed by atoms with E-state index in [4.69, 9.17) is 14.2 Å². The molecule has 1 heterocycles. The Morgan fingerprint density at radius 2 is 1.84 bits per heavy atom. The van der Waals surface area contributed by atoms with E-state index in [-0.39, 0.29) is 11.9 Å². The van der Waals surface area contributed by atoms with Gasteiger partial charge in [0, 0.05) is 5.56 Å². The van der Waals surface area contributed by atoms with Crippen LogP contribution in [0.3, 0.4) is 0 Å². The first-order chi connectivity index (χ1) is 12.2. The maximum absolute atomic E-state index is 12.4. The number of benzene rings is 2. The molecule has 1 amide bonds. The summed E-state index contributed by atoms with van der Waals surface area (Å²) < 4.78 is 16.7. The molecule has 0 spiro atoms. The zero-order chi connectivity index (χ0) is 17.6. The third kappa shape index (κ3) is 4.24. The van der Waals surface area contributed by atoms with Crippen molar-refractivity contribution >= 4 is 5.91 Å². The number of fused-ring (bicyclic) bond motifs is 1. The second-order valence-corrected chi connectivity index (χ2v) is 5.97. The van der Waals surface area contributed by atoms with Crippen molar-refractivity contribution in [1.82, 2.24) is 5.32 Å². The lowest BCUT2D eigenvalue weighted by molar-refractivity contribution is 0.0939. The first-order valence-electron chi connectivity index (χ1n) is 8.60. The first-order valence-corrected chi connectivity index (χ1v) is 8.60. The summed E-state index contributed by atoms with van der Waals surface area (Å²) in [6, 6.07) is 12.8. The highest BCUT2D eigenvalue weighted by atomic mass is 16.6. The highest BCUT2D eigenvalue weighted by Crippen LogP contribution is 2.32. The fourth-order valence-corrected chi connectivity index (χ4v) is 2.62. The van der Waals surface area contributed by atoms with E-state index in [2.05, 4.69) is 12.2 Å². The lowest BCUT2D eigenvalue weighted by Gasteiger charge is -2.21. The first kappa shape index (κ1) is 17.1. The second-order valence-electron chi connectivity index (χ2n) is 5.97. The van der Waals surface area contributed by atoms with Crippen molar-refractivity contribution in [2.75, 3.05) is 19.8 Å². The highest BCUT2D eigenvalue weighted by molar-refractivity contribution is 5.94. The largest absolute Gasteiger partial charge is 0.494 e. The minimum Gasteiger partial charge on any atom is -0.494 e. The van der Waals surface area contributed by atoms with Crippen molar-refractivity contribution in [3.63, 3.8) is 0 Å². The molecule has 0 saturated carbocycles. The number of carbonyl (C=O) groups excluding carboxylic acids is 1. The predicted molar refractivity (Wildman–Crippen MR) is 95.5 cm³/mol. The number of ether oxygens (including phenoxy) is 3. The van der Waals surface area contributed by atoms with Gasteiger partial charge < -0.3 is 19.5 Å². The van der Waals surface area contributed by atoms with Crippen LogP contribution in [0.1, 0.15) is 42.2 Å². The predicted octanol–water partition coefficient (Wildman–Crippen LogP) is 3.74. The van der Waals surface area contributed by atoms with Crippen molar-refractivity contribution in [2.45, 2.75) is 26.3 Å². The van der Waals surface area contributed by atoms with E-state index in [0.717, 1.165) is 29.2 Å². The maximum Gasteiger partial charge on any atom is 0.251 e. The van der Waals surface area contributed by atoms with E-state index in [9.17, 15) is 4.79 Å². The molecule has 3 rings (SSSR count). The molecule has 1 aliphatic rings. The summed E-state index contributed by atoms with van der Waals surface area (Å²) in [5, 5.41) is 3.01. The molecule has 5 heteroatoms. The molecule has 2 aromatic carbocycles. The zero-order valence-corrected chi connectivity index (χ0v) is 14.6. The average molecular weight is 341 g/mol. The number of carbonyl (C=O) groups is 1. The highest BCUT2D eigenvalue weighted by Gasteiger charge is 2.16. The van der Waals surface area contributed by atoms with Crippen molar-refractivity contribution < 1.29 is 19.0 Å². The molecule has 132 valence electrons. The number of nitrogens with one attached hydrogen (secondary N) is 1. The van der Waals surface area contributed by atoms with Crippen LogP contribution in [0.5, 0.6) is 17.2 Å². The van der Waals surface area contributed by atoms with Crippen LogP contribution >= 0.6 is 0 Å². The van der Waals surface area contributed by atoms with Crippen LogP contribution in [0.15, 0.2) is 42.5 Å². The van der Waals surface area contributed by atoms with E-state index >= 15 is 0 Å². The Bertz CT molecular complexity index is 727. The molecular weight excluding hydrogens is 318 g/mol. The van der Waals surface area contributed by atoms with Crippen LogP contribution in [0, 0.1) is 0 Å². The summed E-state index contributed by atoms with van der Waals surface area (Å²) in [4.78, 5) is 12.4. The van der Waals surface area contributed by atoms with Crippen LogP contribution in [0.25, 0.3) is 0 Å². The van der Waals surface area contributed by atoms with Gasteiger partial charge in [0.25, 0.3) is 5.91 Å². The minimum absolute atomic E-state index is 0.121. The van der Waals surface area contributed by atoms with Gasteiger partial charge in [0.05, 0.1) is 12.6 Å². The zero-order valence-electron chi connectivity index (χ0n) is 14.6. The standard InChI is InChI=1S/C20H23NO4/c1-3-10-23-17-7-4-15(5-8-17)20(22)21-14(2)16-6-9-18-19(13-16)25-12-11-24-18/h4-9,13-14H,3,10-12H2,1-2H3,(H,21,22)/t14-/m1/s1. The summed E-state index contributed by atoms with van der Waals surface area (Å²) in [6.07, 6.45) is 0.954. The van der Waals surface area contributed by atoms with E-state index in [0.29, 0.717) is 25.4 Å². The lowest BCUT2D eigenvalue weighted by atomic mass is 10.1. The van der Waals surface area contributed by atoms with E-state index in [1.165, 1.54) is 0 Å². The lowest BCUT2D eigenvalue weighted by Crippen LogP contribution is -2.26. The number of amides is 1. The van der Waals surface area contributed by atoms with E-state index in [1.54, 1.807) is 12.1 Å². The summed E-state index contributed by atoms with van der Waals surface area (Å²) >= 11 is 0. The third-order valence-electron chi connectivity index (χ3n) is 4.00. The summed E-state index contributed by atoms with van der Waals surface area (Å²) in [5.74, 6) is 2.13. The minimum atomic E-state index is -0.139. The Morgan fingerprint density at radius 3 is 2.56 bits per heavy atom. The van der Waals surface area contributed by atoms with Crippen molar-refractivity contribution in [1.29, 1.82) is 0 Å². The molecule has 0 unspecified atom stereocenters. The van der Waals surface area contributed by atoms with E-state index < -0.39 is 0 Å². The van der Waals surface area contributed by atoms with Gasteiger partial charge in [-0.2, -0.15) is 0 Å². The number of rotatable bonds is 6. The Hall–Kier alpha value is -2.69. The van der Waals surface area contributed by atoms with Crippen LogP contribution in [-0.4, -0.2) is 25.7 Å². The fraction of sp³-hybridized carbons (Fsp3) is 0.350. The fourth-order valence-electron chi connectivity index (χ4n) is 2.62. The summed E-state index contributed by atoms with van der Waals surface area (Å²) in [5.41, 5.74) is 1.58. The van der Waals surface area contributed by atoms with Gasteiger partial charge in [-0.3, -0.25) is 4.79 Å². The second kappa shape index (κ2) is 7.92. The van der Waals surface area contributed by atoms with Crippen molar-refractivity contribution in [2.24, 2.45) is 0 Å². The molecule has 0 aliphatic carbocycles. The molecule has 1 N–H and O–H groups in total. The Balaban J connectivity index is 1.64. The molecule has 1 aliphatic heterocycles.